The number of hydrogen-bond donors (Lipinski definition) is 1. The van der Waals surface area contributed by atoms with Gasteiger partial charge in [0.25, 0.3) is 5.91 Å². The molecule has 1 heterocycles. The minimum Gasteiger partial charge on any atom is -0.484 e. The van der Waals surface area contributed by atoms with Crippen molar-refractivity contribution in [2.45, 2.75) is 64.0 Å². The number of rotatable bonds is 5. The molecule has 1 N–H and O–H groups in total. The van der Waals surface area contributed by atoms with E-state index in [4.69, 9.17) is 4.74 Å². The van der Waals surface area contributed by atoms with E-state index in [1.807, 2.05) is 31.2 Å². The van der Waals surface area contributed by atoms with Gasteiger partial charge in [-0.1, -0.05) is 37.5 Å². The molecule has 4 nitrogen and oxygen atoms in total. The number of likely N-dealkylation sites (tertiary alicyclic amines) is 1. The van der Waals surface area contributed by atoms with Gasteiger partial charge in [0, 0.05) is 18.6 Å². The van der Waals surface area contributed by atoms with Crippen LogP contribution in [-0.2, 0) is 4.79 Å². The predicted molar refractivity (Wildman–Crippen MR) is 96.3 cm³/mol. The number of ether oxygens (including phenoxy) is 1. The lowest BCUT2D eigenvalue weighted by Gasteiger charge is -2.40. The van der Waals surface area contributed by atoms with Crippen molar-refractivity contribution in [3.63, 3.8) is 0 Å². The van der Waals surface area contributed by atoms with Crippen LogP contribution in [-0.4, -0.2) is 42.6 Å². The average molecular weight is 330 g/mol. The van der Waals surface area contributed by atoms with Crippen LogP contribution in [0, 0.1) is 6.92 Å². The molecule has 1 aromatic carbocycles. The first-order valence-corrected chi connectivity index (χ1v) is 9.44. The summed E-state index contributed by atoms with van der Waals surface area (Å²) in [7, 11) is 0. The third kappa shape index (κ3) is 4.73. The van der Waals surface area contributed by atoms with Gasteiger partial charge >= 0.3 is 0 Å². The lowest BCUT2D eigenvalue weighted by atomic mass is 9.92. The van der Waals surface area contributed by atoms with Gasteiger partial charge in [-0.25, -0.2) is 0 Å². The molecule has 2 aliphatic rings. The van der Waals surface area contributed by atoms with E-state index < -0.39 is 0 Å². The lowest BCUT2D eigenvalue weighted by Crippen LogP contribution is -2.52. The van der Waals surface area contributed by atoms with Crippen LogP contribution in [0.5, 0.6) is 5.75 Å². The van der Waals surface area contributed by atoms with Crippen LogP contribution in [0.25, 0.3) is 0 Å². The van der Waals surface area contributed by atoms with Crippen LogP contribution in [0.2, 0.25) is 0 Å². The molecule has 4 heteroatoms. The number of nitrogens with one attached hydrogen (secondary N) is 1. The average Bonchev–Trinajstić information content (AvgIpc) is 2.62. The number of hydrogen-bond acceptors (Lipinski definition) is 3. The van der Waals surface area contributed by atoms with E-state index in [9.17, 15) is 4.79 Å². The van der Waals surface area contributed by atoms with Crippen LogP contribution < -0.4 is 10.1 Å². The van der Waals surface area contributed by atoms with Crippen molar-refractivity contribution in [1.29, 1.82) is 0 Å². The molecule has 1 saturated carbocycles. The molecule has 1 aromatic rings. The molecule has 1 amide bonds. The van der Waals surface area contributed by atoms with E-state index >= 15 is 0 Å². The molecule has 3 rings (SSSR count). The van der Waals surface area contributed by atoms with Gasteiger partial charge in [-0.15, -0.1) is 0 Å². The number of nitrogens with zero attached hydrogens (tertiary/aromatic N) is 1. The standard InChI is InChI=1S/C20H30N2O2/c1-16-8-5-6-12-19(16)24-15-20(23)21-17-9-7-13-22(14-17)18-10-3-2-4-11-18/h5-6,8,12,17-18H,2-4,7,9-11,13-15H2,1H3,(H,21,23). The summed E-state index contributed by atoms with van der Waals surface area (Å²) in [6.45, 7) is 4.29. The van der Waals surface area contributed by atoms with Gasteiger partial charge in [0.1, 0.15) is 5.75 Å². The molecular formula is C20H30N2O2. The molecule has 132 valence electrons. The van der Waals surface area contributed by atoms with Crippen molar-refractivity contribution in [2.75, 3.05) is 19.7 Å². The predicted octanol–water partition coefficient (Wildman–Crippen LogP) is 3.29. The Kier molecular flexibility index (Phi) is 6.13. The Bertz CT molecular complexity index is 540. The maximum absolute atomic E-state index is 12.2. The molecule has 1 saturated heterocycles. The minimum absolute atomic E-state index is 0.00579. The molecule has 1 unspecified atom stereocenters. The summed E-state index contributed by atoms with van der Waals surface area (Å²) in [5.74, 6) is 0.786. The first kappa shape index (κ1) is 17.3. The molecule has 1 aliphatic carbocycles. The maximum Gasteiger partial charge on any atom is 0.258 e. The second-order valence-electron chi connectivity index (χ2n) is 7.25. The second kappa shape index (κ2) is 8.52. The summed E-state index contributed by atoms with van der Waals surface area (Å²) in [6.07, 6.45) is 9.04. The van der Waals surface area contributed by atoms with E-state index in [-0.39, 0.29) is 18.6 Å². The Hall–Kier alpha value is -1.55. The summed E-state index contributed by atoms with van der Waals surface area (Å²) in [4.78, 5) is 14.8. The Labute approximate surface area is 145 Å². The Morgan fingerprint density at radius 3 is 2.75 bits per heavy atom. The molecule has 0 spiro atoms. The van der Waals surface area contributed by atoms with E-state index in [1.54, 1.807) is 0 Å². The highest BCUT2D eigenvalue weighted by molar-refractivity contribution is 5.77. The third-order valence-electron chi connectivity index (χ3n) is 5.36. The number of carbonyl (C=O) groups excluding carboxylic acids is 1. The number of benzene rings is 1. The number of para-hydroxylation sites is 1. The van der Waals surface area contributed by atoms with E-state index in [0.717, 1.165) is 30.3 Å². The van der Waals surface area contributed by atoms with Crippen LogP contribution in [0.1, 0.15) is 50.5 Å². The lowest BCUT2D eigenvalue weighted by molar-refractivity contribution is -0.124. The zero-order chi connectivity index (χ0) is 16.8. The summed E-state index contributed by atoms with van der Waals surface area (Å²) >= 11 is 0. The third-order valence-corrected chi connectivity index (χ3v) is 5.36. The Balaban J connectivity index is 1.44. The smallest absolute Gasteiger partial charge is 0.258 e. The molecule has 0 bridgehead atoms. The normalized spacial score (nSPS) is 23.0. The molecule has 1 aliphatic heterocycles. The fraction of sp³-hybridized carbons (Fsp3) is 0.650. The number of carbonyl (C=O) groups is 1. The van der Waals surface area contributed by atoms with E-state index in [0.29, 0.717) is 0 Å². The monoisotopic (exact) mass is 330 g/mol. The SMILES string of the molecule is Cc1ccccc1OCC(=O)NC1CCCN(C2CCCCC2)C1. The van der Waals surface area contributed by atoms with E-state index in [1.165, 1.54) is 45.1 Å². The van der Waals surface area contributed by atoms with Crippen LogP contribution in [0.15, 0.2) is 24.3 Å². The summed E-state index contributed by atoms with van der Waals surface area (Å²) in [5, 5.41) is 3.17. The number of aryl methyl sites for hydroxylation is 1. The summed E-state index contributed by atoms with van der Waals surface area (Å²) in [5.41, 5.74) is 1.06. The highest BCUT2D eigenvalue weighted by Crippen LogP contribution is 2.25. The van der Waals surface area contributed by atoms with Crippen molar-refractivity contribution < 1.29 is 9.53 Å². The summed E-state index contributed by atoms with van der Waals surface area (Å²) < 4.78 is 5.66. The topological polar surface area (TPSA) is 41.6 Å². The fourth-order valence-corrected chi connectivity index (χ4v) is 4.03. The highest BCUT2D eigenvalue weighted by atomic mass is 16.5. The van der Waals surface area contributed by atoms with E-state index in [2.05, 4.69) is 10.2 Å². The van der Waals surface area contributed by atoms with Crippen LogP contribution in [0.3, 0.4) is 0 Å². The molecule has 1 atom stereocenters. The zero-order valence-electron chi connectivity index (χ0n) is 14.8. The van der Waals surface area contributed by atoms with Crippen molar-refractivity contribution >= 4 is 5.91 Å². The van der Waals surface area contributed by atoms with Gasteiger partial charge in [0.05, 0.1) is 0 Å². The highest BCUT2D eigenvalue weighted by Gasteiger charge is 2.27. The molecule has 0 radical (unpaired) electrons. The number of piperidine rings is 1. The fourth-order valence-electron chi connectivity index (χ4n) is 4.03. The van der Waals surface area contributed by atoms with Gasteiger partial charge in [0.15, 0.2) is 6.61 Å². The van der Waals surface area contributed by atoms with Crippen molar-refractivity contribution in [1.82, 2.24) is 10.2 Å². The maximum atomic E-state index is 12.2. The first-order valence-electron chi connectivity index (χ1n) is 9.44. The largest absolute Gasteiger partial charge is 0.484 e. The zero-order valence-corrected chi connectivity index (χ0v) is 14.8. The quantitative estimate of drug-likeness (QED) is 0.901. The van der Waals surface area contributed by atoms with Gasteiger partial charge in [0.2, 0.25) is 0 Å². The number of amides is 1. The molecular weight excluding hydrogens is 300 g/mol. The van der Waals surface area contributed by atoms with Gasteiger partial charge < -0.3 is 10.1 Å². The van der Waals surface area contributed by atoms with Crippen LogP contribution >= 0.6 is 0 Å². The first-order chi connectivity index (χ1) is 11.7. The summed E-state index contributed by atoms with van der Waals surface area (Å²) in [6, 6.07) is 8.83. The van der Waals surface area contributed by atoms with Crippen molar-refractivity contribution in [2.24, 2.45) is 0 Å². The van der Waals surface area contributed by atoms with Crippen molar-refractivity contribution in [3.05, 3.63) is 29.8 Å². The molecule has 0 aromatic heterocycles. The van der Waals surface area contributed by atoms with Gasteiger partial charge in [-0.3, -0.25) is 9.69 Å². The van der Waals surface area contributed by atoms with Crippen molar-refractivity contribution in [3.8, 4) is 5.75 Å². The Morgan fingerprint density at radius 2 is 1.96 bits per heavy atom. The molecule has 2 fully saturated rings. The second-order valence-corrected chi connectivity index (χ2v) is 7.25. The Morgan fingerprint density at radius 1 is 1.17 bits per heavy atom. The van der Waals surface area contributed by atoms with Gasteiger partial charge in [-0.05, 0) is 50.8 Å². The minimum atomic E-state index is -0.00579. The van der Waals surface area contributed by atoms with Gasteiger partial charge in [-0.2, -0.15) is 0 Å². The van der Waals surface area contributed by atoms with Crippen LogP contribution in [0.4, 0.5) is 0 Å². The molecule has 24 heavy (non-hydrogen) atoms.